The van der Waals surface area contributed by atoms with Crippen molar-refractivity contribution in [3.05, 3.63) is 0 Å². The lowest BCUT2D eigenvalue weighted by Crippen LogP contribution is -2.69. The second kappa shape index (κ2) is 6.35. The highest BCUT2D eigenvalue weighted by atomic mass is 32.2. The smallest absolute Gasteiger partial charge is 0.248 e. The number of nitrogens with zero attached hydrogens (tertiary/aromatic N) is 2. The minimum absolute atomic E-state index is 0.0388. The van der Waals surface area contributed by atoms with Crippen LogP contribution in [0.15, 0.2) is 0 Å². The van der Waals surface area contributed by atoms with Gasteiger partial charge in [-0.3, -0.25) is 14.5 Å². The molecule has 0 radical (unpaired) electrons. The van der Waals surface area contributed by atoms with E-state index in [-0.39, 0.29) is 17.9 Å². The average Bonchev–Trinajstić information content (AvgIpc) is 2.46. The Kier molecular flexibility index (Phi) is 4.96. The summed E-state index contributed by atoms with van der Waals surface area (Å²) in [5, 5.41) is 2.86. The highest BCUT2D eigenvalue weighted by molar-refractivity contribution is 7.99. The Morgan fingerprint density at radius 3 is 2.55 bits per heavy atom. The van der Waals surface area contributed by atoms with Gasteiger partial charge in [0.1, 0.15) is 11.6 Å². The monoisotopic (exact) mass is 299 g/mol. The van der Waals surface area contributed by atoms with Gasteiger partial charge in [-0.2, -0.15) is 11.8 Å². The molecule has 114 valence electrons. The van der Waals surface area contributed by atoms with Gasteiger partial charge < -0.3 is 10.2 Å². The van der Waals surface area contributed by atoms with Crippen molar-refractivity contribution in [2.45, 2.75) is 38.8 Å². The first-order valence-corrected chi connectivity index (χ1v) is 8.56. The van der Waals surface area contributed by atoms with Crippen LogP contribution >= 0.6 is 11.8 Å². The Bertz CT molecular complexity index is 385. The first kappa shape index (κ1) is 15.6. The Hall–Kier alpha value is -0.750. The number of carbonyl (C=O) groups excluding carboxylic acids is 2. The Balaban J connectivity index is 1.99. The van der Waals surface area contributed by atoms with Gasteiger partial charge in [-0.1, -0.05) is 6.92 Å². The average molecular weight is 299 g/mol. The van der Waals surface area contributed by atoms with Gasteiger partial charge in [0.25, 0.3) is 0 Å². The van der Waals surface area contributed by atoms with Crippen molar-refractivity contribution in [3.8, 4) is 0 Å². The summed E-state index contributed by atoms with van der Waals surface area (Å²) in [6, 6.07) is -0.360. The fourth-order valence-electron chi connectivity index (χ4n) is 2.67. The second-order valence-corrected chi connectivity index (χ2v) is 7.03. The third kappa shape index (κ3) is 3.11. The Morgan fingerprint density at radius 1 is 1.30 bits per heavy atom. The number of hydrogen-bond donors (Lipinski definition) is 1. The number of piperazine rings is 1. The van der Waals surface area contributed by atoms with E-state index in [1.807, 2.05) is 32.5 Å². The topological polar surface area (TPSA) is 52.7 Å². The van der Waals surface area contributed by atoms with E-state index in [0.717, 1.165) is 31.1 Å². The van der Waals surface area contributed by atoms with E-state index in [1.54, 1.807) is 4.90 Å². The summed E-state index contributed by atoms with van der Waals surface area (Å²) in [7, 11) is 0. The van der Waals surface area contributed by atoms with Crippen LogP contribution in [0.3, 0.4) is 0 Å². The molecule has 2 unspecified atom stereocenters. The standard InChI is InChI=1S/C14H25N3O2S/c1-4-14(3)13(19)17(11(2)12(18)15-14)6-5-16-7-9-20-10-8-16/h11H,4-10H2,1-3H3,(H,15,18). The van der Waals surface area contributed by atoms with Crippen molar-refractivity contribution in [3.63, 3.8) is 0 Å². The maximum Gasteiger partial charge on any atom is 0.248 e. The summed E-state index contributed by atoms with van der Waals surface area (Å²) in [6.45, 7) is 9.25. The fraction of sp³-hybridized carbons (Fsp3) is 0.857. The quantitative estimate of drug-likeness (QED) is 0.824. The molecule has 0 aromatic heterocycles. The summed E-state index contributed by atoms with van der Waals surface area (Å²) in [5.41, 5.74) is -0.735. The van der Waals surface area contributed by atoms with Gasteiger partial charge in [0, 0.05) is 37.7 Å². The summed E-state index contributed by atoms with van der Waals surface area (Å²) in [5.74, 6) is 2.34. The van der Waals surface area contributed by atoms with Crippen molar-refractivity contribution in [1.82, 2.24) is 15.1 Å². The molecule has 2 rings (SSSR count). The van der Waals surface area contributed by atoms with Crippen molar-refractivity contribution < 1.29 is 9.59 Å². The molecule has 2 fully saturated rings. The molecule has 2 amide bonds. The van der Waals surface area contributed by atoms with Crippen LogP contribution in [0.5, 0.6) is 0 Å². The minimum Gasteiger partial charge on any atom is -0.340 e. The molecule has 2 aliphatic rings. The summed E-state index contributed by atoms with van der Waals surface area (Å²) < 4.78 is 0. The van der Waals surface area contributed by atoms with E-state index in [1.165, 1.54) is 0 Å². The normalized spacial score (nSPS) is 32.4. The molecule has 20 heavy (non-hydrogen) atoms. The van der Waals surface area contributed by atoms with Gasteiger partial charge in [0.15, 0.2) is 0 Å². The van der Waals surface area contributed by atoms with Crippen LogP contribution in [0.25, 0.3) is 0 Å². The first-order valence-electron chi connectivity index (χ1n) is 7.41. The number of nitrogens with one attached hydrogen (secondary N) is 1. The molecular formula is C14H25N3O2S. The van der Waals surface area contributed by atoms with E-state index in [2.05, 4.69) is 10.2 Å². The van der Waals surface area contributed by atoms with Gasteiger partial charge in [-0.05, 0) is 20.3 Å². The molecule has 0 aromatic rings. The van der Waals surface area contributed by atoms with Crippen LogP contribution < -0.4 is 5.32 Å². The minimum atomic E-state index is -0.735. The van der Waals surface area contributed by atoms with Crippen molar-refractivity contribution in [2.24, 2.45) is 0 Å². The molecule has 0 spiro atoms. The number of carbonyl (C=O) groups is 2. The number of amides is 2. The van der Waals surface area contributed by atoms with E-state index < -0.39 is 5.54 Å². The predicted octanol–water partition coefficient (Wildman–Crippen LogP) is 0.551. The molecule has 0 bridgehead atoms. The van der Waals surface area contributed by atoms with Gasteiger partial charge >= 0.3 is 0 Å². The van der Waals surface area contributed by atoms with Crippen molar-refractivity contribution in [2.75, 3.05) is 37.7 Å². The highest BCUT2D eigenvalue weighted by Crippen LogP contribution is 2.21. The molecule has 0 aliphatic carbocycles. The lowest BCUT2D eigenvalue weighted by molar-refractivity contribution is -0.153. The van der Waals surface area contributed by atoms with Crippen LogP contribution in [0.2, 0.25) is 0 Å². The summed E-state index contributed by atoms with van der Waals surface area (Å²) in [6.07, 6.45) is 0.626. The number of thioether (sulfide) groups is 1. The predicted molar refractivity (Wildman–Crippen MR) is 81.8 cm³/mol. The lowest BCUT2D eigenvalue weighted by Gasteiger charge is -2.43. The van der Waals surface area contributed by atoms with Crippen LogP contribution in [-0.2, 0) is 9.59 Å². The fourth-order valence-corrected chi connectivity index (χ4v) is 3.65. The Labute approximate surface area is 125 Å². The van der Waals surface area contributed by atoms with E-state index in [4.69, 9.17) is 0 Å². The van der Waals surface area contributed by atoms with Gasteiger partial charge in [-0.25, -0.2) is 0 Å². The number of hydrogen-bond acceptors (Lipinski definition) is 4. The molecule has 2 aliphatic heterocycles. The van der Waals surface area contributed by atoms with Gasteiger partial charge in [0.2, 0.25) is 11.8 Å². The van der Waals surface area contributed by atoms with Crippen LogP contribution in [0, 0.1) is 0 Å². The van der Waals surface area contributed by atoms with E-state index >= 15 is 0 Å². The zero-order chi connectivity index (χ0) is 14.8. The zero-order valence-electron chi connectivity index (χ0n) is 12.6. The molecular weight excluding hydrogens is 274 g/mol. The molecule has 2 atom stereocenters. The van der Waals surface area contributed by atoms with E-state index in [9.17, 15) is 9.59 Å². The summed E-state index contributed by atoms with van der Waals surface area (Å²) >= 11 is 1.98. The highest BCUT2D eigenvalue weighted by Gasteiger charge is 2.45. The van der Waals surface area contributed by atoms with Crippen molar-refractivity contribution >= 4 is 23.6 Å². The number of rotatable bonds is 4. The largest absolute Gasteiger partial charge is 0.340 e. The molecule has 0 saturated carbocycles. The SMILES string of the molecule is CCC1(C)NC(=O)C(C)N(CCN2CCSCC2)C1=O. The van der Waals surface area contributed by atoms with Gasteiger partial charge in [0.05, 0.1) is 0 Å². The zero-order valence-corrected chi connectivity index (χ0v) is 13.5. The third-order valence-electron chi connectivity index (χ3n) is 4.45. The maximum absolute atomic E-state index is 12.6. The summed E-state index contributed by atoms with van der Waals surface area (Å²) in [4.78, 5) is 28.8. The third-order valence-corrected chi connectivity index (χ3v) is 5.39. The lowest BCUT2D eigenvalue weighted by atomic mass is 9.92. The van der Waals surface area contributed by atoms with Crippen molar-refractivity contribution in [1.29, 1.82) is 0 Å². The molecule has 6 heteroatoms. The molecule has 1 N–H and O–H groups in total. The molecule has 2 heterocycles. The molecule has 2 saturated heterocycles. The van der Waals surface area contributed by atoms with Crippen LogP contribution in [0.1, 0.15) is 27.2 Å². The maximum atomic E-state index is 12.6. The second-order valence-electron chi connectivity index (χ2n) is 5.80. The molecule has 0 aromatic carbocycles. The molecule has 5 nitrogen and oxygen atoms in total. The van der Waals surface area contributed by atoms with Crippen LogP contribution in [-0.4, -0.2) is 70.9 Å². The van der Waals surface area contributed by atoms with Crippen LogP contribution in [0.4, 0.5) is 0 Å². The van der Waals surface area contributed by atoms with Gasteiger partial charge in [-0.15, -0.1) is 0 Å². The first-order chi connectivity index (χ1) is 9.48. The Morgan fingerprint density at radius 2 is 1.95 bits per heavy atom. The van der Waals surface area contributed by atoms with E-state index in [0.29, 0.717) is 13.0 Å².